The van der Waals surface area contributed by atoms with Crippen LogP contribution in [0.15, 0.2) is 36.4 Å². The molecular formula is C24H39ClN4O4. The molecule has 33 heavy (non-hydrogen) atoms. The second-order valence-corrected chi connectivity index (χ2v) is 8.97. The van der Waals surface area contributed by atoms with E-state index in [0.29, 0.717) is 13.0 Å². The molecule has 0 aliphatic rings. The molecule has 9 heteroatoms. The van der Waals surface area contributed by atoms with E-state index in [4.69, 9.17) is 5.73 Å². The van der Waals surface area contributed by atoms with E-state index in [-0.39, 0.29) is 30.7 Å². The molecule has 0 aromatic heterocycles. The minimum Gasteiger partial charge on any atom is -0.320 e. The molecule has 0 saturated carbocycles. The van der Waals surface area contributed by atoms with E-state index in [9.17, 15) is 19.6 Å². The third-order valence-electron chi connectivity index (χ3n) is 4.94. The van der Waals surface area contributed by atoms with Crippen molar-refractivity contribution in [3.8, 4) is 0 Å². The summed E-state index contributed by atoms with van der Waals surface area (Å²) in [6, 6.07) is 8.81. The van der Waals surface area contributed by atoms with Crippen molar-refractivity contribution in [3.63, 3.8) is 0 Å². The van der Waals surface area contributed by atoms with Crippen LogP contribution in [0.5, 0.6) is 0 Å². The van der Waals surface area contributed by atoms with Crippen molar-refractivity contribution in [2.45, 2.75) is 53.5 Å². The van der Waals surface area contributed by atoms with Crippen molar-refractivity contribution in [2.24, 2.45) is 29.4 Å². The van der Waals surface area contributed by atoms with Gasteiger partial charge in [-0.15, -0.1) is 12.4 Å². The van der Waals surface area contributed by atoms with Gasteiger partial charge < -0.3 is 5.73 Å². The molecule has 5 N–H and O–H groups in total. The Hall–Kier alpha value is -2.42. The number of nitrogens with one attached hydrogen (secondary N) is 2. The van der Waals surface area contributed by atoms with Gasteiger partial charge in [-0.1, -0.05) is 70.2 Å². The van der Waals surface area contributed by atoms with Crippen LogP contribution in [-0.4, -0.2) is 40.5 Å². The molecule has 0 bridgehead atoms. The van der Waals surface area contributed by atoms with Gasteiger partial charge in [0.05, 0.1) is 17.9 Å². The Morgan fingerprint density at radius 3 is 2.09 bits per heavy atom. The Balaban J connectivity index is 0.0000102. The first-order valence-corrected chi connectivity index (χ1v) is 11.1. The van der Waals surface area contributed by atoms with E-state index in [1.54, 1.807) is 12.4 Å². The third-order valence-corrected chi connectivity index (χ3v) is 4.94. The third kappa shape index (κ3) is 10.8. The molecule has 0 spiro atoms. The van der Waals surface area contributed by atoms with Gasteiger partial charge in [-0.2, -0.15) is 0 Å². The SMILES string of the molecule is CC(C)C[C@@H](C(=O)NN(CC(C)C)C(=O)[C@H](C)N)[C@H](CC=Cc1ccccc1)C(=O)NO.Cl. The van der Waals surface area contributed by atoms with Crippen molar-refractivity contribution in [2.75, 3.05) is 6.54 Å². The summed E-state index contributed by atoms with van der Waals surface area (Å²) in [6.45, 7) is 9.61. The molecule has 0 fully saturated rings. The summed E-state index contributed by atoms with van der Waals surface area (Å²) < 4.78 is 0. The Morgan fingerprint density at radius 2 is 1.61 bits per heavy atom. The quantitative estimate of drug-likeness (QED) is 0.285. The molecule has 3 atom stereocenters. The van der Waals surface area contributed by atoms with Crippen LogP contribution in [0.25, 0.3) is 6.08 Å². The maximum absolute atomic E-state index is 13.3. The van der Waals surface area contributed by atoms with Gasteiger partial charge in [0.25, 0.3) is 5.91 Å². The molecular weight excluding hydrogens is 444 g/mol. The Kier molecular flexibility index (Phi) is 14.3. The normalized spacial score (nSPS) is 13.8. The van der Waals surface area contributed by atoms with Gasteiger partial charge >= 0.3 is 0 Å². The topological polar surface area (TPSA) is 125 Å². The number of carbonyl (C=O) groups is 3. The summed E-state index contributed by atoms with van der Waals surface area (Å²) in [4.78, 5) is 38.3. The lowest BCUT2D eigenvalue weighted by atomic mass is 9.82. The van der Waals surface area contributed by atoms with Gasteiger partial charge in [-0.3, -0.25) is 30.0 Å². The molecule has 0 aliphatic heterocycles. The molecule has 186 valence electrons. The van der Waals surface area contributed by atoms with E-state index < -0.39 is 35.6 Å². The predicted octanol–water partition coefficient (Wildman–Crippen LogP) is 3.16. The van der Waals surface area contributed by atoms with Gasteiger partial charge in [-0.25, -0.2) is 5.48 Å². The van der Waals surface area contributed by atoms with Crippen molar-refractivity contribution >= 4 is 36.2 Å². The predicted molar refractivity (Wildman–Crippen MR) is 132 cm³/mol. The van der Waals surface area contributed by atoms with Crippen LogP contribution in [0.2, 0.25) is 0 Å². The number of carbonyl (C=O) groups excluding carboxylic acids is 3. The second kappa shape index (κ2) is 15.4. The number of halogens is 1. The summed E-state index contributed by atoms with van der Waals surface area (Å²) >= 11 is 0. The Morgan fingerprint density at radius 1 is 1.00 bits per heavy atom. The van der Waals surface area contributed by atoms with Gasteiger partial charge in [0.15, 0.2) is 0 Å². The van der Waals surface area contributed by atoms with Crippen LogP contribution in [0, 0.1) is 23.7 Å². The van der Waals surface area contributed by atoms with Crippen LogP contribution in [0.4, 0.5) is 0 Å². The molecule has 0 saturated heterocycles. The van der Waals surface area contributed by atoms with Crippen molar-refractivity contribution < 1.29 is 19.6 Å². The van der Waals surface area contributed by atoms with Crippen LogP contribution in [0.3, 0.4) is 0 Å². The lowest BCUT2D eigenvalue weighted by molar-refractivity contribution is -0.148. The molecule has 1 rings (SSSR count). The highest BCUT2D eigenvalue weighted by Crippen LogP contribution is 2.25. The van der Waals surface area contributed by atoms with E-state index in [1.807, 2.05) is 70.2 Å². The first-order chi connectivity index (χ1) is 15.1. The van der Waals surface area contributed by atoms with E-state index in [0.717, 1.165) is 5.56 Å². The number of allylic oxidation sites excluding steroid dienone is 1. The van der Waals surface area contributed by atoms with Crippen molar-refractivity contribution in [1.82, 2.24) is 15.9 Å². The lowest BCUT2D eigenvalue weighted by Crippen LogP contribution is -2.55. The summed E-state index contributed by atoms with van der Waals surface area (Å²) in [7, 11) is 0. The van der Waals surface area contributed by atoms with Gasteiger partial charge in [0.2, 0.25) is 11.8 Å². The Labute approximate surface area is 203 Å². The zero-order chi connectivity index (χ0) is 24.3. The van der Waals surface area contributed by atoms with Gasteiger partial charge in [-0.05, 0) is 37.2 Å². The van der Waals surface area contributed by atoms with Crippen LogP contribution in [-0.2, 0) is 14.4 Å². The van der Waals surface area contributed by atoms with Gasteiger partial charge in [0.1, 0.15) is 0 Å². The van der Waals surface area contributed by atoms with Crippen LogP contribution < -0.4 is 16.6 Å². The smallest absolute Gasteiger partial charge is 0.257 e. The first kappa shape index (κ1) is 30.6. The minimum absolute atomic E-state index is 0. The summed E-state index contributed by atoms with van der Waals surface area (Å²) in [5.74, 6) is -2.84. The fraction of sp³-hybridized carbons (Fsp3) is 0.542. The average Bonchev–Trinajstić information content (AvgIpc) is 2.74. The van der Waals surface area contributed by atoms with Crippen molar-refractivity contribution in [3.05, 3.63) is 42.0 Å². The van der Waals surface area contributed by atoms with E-state index in [1.165, 1.54) is 5.01 Å². The molecule has 0 radical (unpaired) electrons. The number of amides is 3. The molecule has 0 unspecified atom stereocenters. The first-order valence-electron chi connectivity index (χ1n) is 11.1. The summed E-state index contributed by atoms with van der Waals surface area (Å²) in [5, 5.41) is 10.5. The maximum atomic E-state index is 13.3. The maximum Gasteiger partial charge on any atom is 0.257 e. The van der Waals surface area contributed by atoms with E-state index in [2.05, 4.69) is 5.43 Å². The number of nitrogens with two attached hydrogens (primary N) is 1. The number of benzene rings is 1. The molecule has 8 nitrogen and oxygen atoms in total. The van der Waals surface area contributed by atoms with Crippen LogP contribution in [0.1, 0.15) is 53.0 Å². The Bertz CT molecular complexity index is 769. The minimum atomic E-state index is -0.811. The molecule has 1 aromatic rings. The second-order valence-electron chi connectivity index (χ2n) is 8.97. The molecule has 1 aromatic carbocycles. The highest BCUT2D eigenvalue weighted by molar-refractivity contribution is 5.89. The largest absolute Gasteiger partial charge is 0.320 e. The summed E-state index contributed by atoms with van der Waals surface area (Å²) in [5.41, 5.74) is 11.1. The number of hydrazine groups is 1. The zero-order valence-electron chi connectivity index (χ0n) is 20.2. The number of hydroxylamine groups is 1. The van der Waals surface area contributed by atoms with Crippen LogP contribution >= 0.6 is 12.4 Å². The molecule has 0 heterocycles. The monoisotopic (exact) mass is 482 g/mol. The molecule has 0 aliphatic carbocycles. The number of hydrogen-bond donors (Lipinski definition) is 4. The highest BCUT2D eigenvalue weighted by Gasteiger charge is 2.35. The standard InChI is InChI=1S/C24H38N4O4.ClH/c1-16(2)14-21(22(29)26-28(15-17(3)4)24(31)18(5)25)20(23(30)27-32)13-9-12-19-10-7-6-8-11-19;/h6-12,16-18,20-21,32H,13-15,25H2,1-5H3,(H,26,29)(H,27,30);1H/t18-,20-,21+;/m0./s1. The lowest BCUT2D eigenvalue weighted by Gasteiger charge is -2.31. The fourth-order valence-electron chi connectivity index (χ4n) is 3.43. The zero-order valence-corrected chi connectivity index (χ0v) is 21.0. The van der Waals surface area contributed by atoms with E-state index >= 15 is 0 Å². The average molecular weight is 483 g/mol. The summed E-state index contributed by atoms with van der Waals surface area (Å²) in [6.07, 6.45) is 4.34. The number of rotatable bonds is 11. The number of nitrogens with zero attached hydrogens (tertiary/aromatic N) is 1. The fourth-order valence-corrected chi connectivity index (χ4v) is 3.43. The molecule has 3 amide bonds. The van der Waals surface area contributed by atoms with Gasteiger partial charge in [0, 0.05) is 6.54 Å². The number of hydrogen-bond acceptors (Lipinski definition) is 5. The highest BCUT2D eigenvalue weighted by atomic mass is 35.5. The van der Waals surface area contributed by atoms with Crippen molar-refractivity contribution in [1.29, 1.82) is 0 Å².